The maximum Gasteiger partial charge on any atom is 0.270 e. The van der Waals surface area contributed by atoms with Crippen molar-refractivity contribution in [1.82, 2.24) is 5.32 Å². The third-order valence-electron chi connectivity index (χ3n) is 4.84. The molecule has 3 rings (SSSR count). The van der Waals surface area contributed by atoms with Gasteiger partial charge in [-0.15, -0.1) is 0 Å². The number of nitrogens with one attached hydrogen (secondary N) is 2. The minimum atomic E-state index is -0.555. The van der Waals surface area contributed by atoms with E-state index in [0.29, 0.717) is 29.9 Å². The van der Waals surface area contributed by atoms with Gasteiger partial charge in [0.1, 0.15) is 0 Å². The zero-order valence-corrected chi connectivity index (χ0v) is 17.9. The summed E-state index contributed by atoms with van der Waals surface area (Å²) in [5.41, 5.74) is 2.65. The third kappa shape index (κ3) is 5.69. The van der Waals surface area contributed by atoms with Crippen LogP contribution in [0.15, 0.2) is 72.8 Å². The molecule has 0 spiro atoms. The summed E-state index contributed by atoms with van der Waals surface area (Å²) < 4.78 is 0. The minimum absolute atomic E-state index is 0.157. The summed E-state index contributed by atoms with van der Waals surface area (Å²) in [5.74, 6) is -0.752. The Morgan fingerprint density at radius 1 is 0.938 bits per heavy atom. The summed E-state index contributed by atoms with van der Waals surface area (Å²) in [6, 6.07) is 20.4. The highest BCUT2D eigenvalue weighted by molar-refractivity contribution is 6.06. The number of hydrogen-bond donors (Lipinski definition) is 2. The second-order valence-corrected chi connectivity index (χ2v) is 7.38. The van der Waals surface area contributed by atoms with Gasteiger partial charge >= 0.3 is 0 Å². The Morgan fingerprint density at radius 2 is 1.69 bits per heavy atom. The predicted octanol–water partition coefficient (Wildman–Crippen LogP) is 3.89. The highest BCUT2D eigenvalue weighted by Gasteiger charge is 2.16. The first-order valence-electron chi connectivity index (χ1n) is 10.0. The number of rotatable bonds is 8. The summed E-state index contributed by atoms with van der Waals surface area (Å²) in [5, 5.41) is 16.6. The van der Waals surface area contributed by atoms with E-state index in [1.165, 1.54) is 24.3 Å². The molecule has 164 valence electrons. The first-order valence-corrected chi connectivity index (χ1v) is 10.0. The van der Waals surface area contributed by atoms with E-state index >= 15 is 0 Å². The first kappa shape index (κ1) is 22.5. The fraction of sp³-hybridized carbons (Fsp3) is 0.167. The highest BCUT2D eigenvalue weighted by atomic mass is 16.6. The molecule has 0 radical (unpaired) electrons. The monoisotopic (exact) mass is 432 g/mol. The molecule has 0 saturated heterocycles. The number of carbonyl (C=O) groups is 2. The van der Waals surface area contributed by atoms with Crippen molar-refractivity contribution in [3.8, 4) is 0 Å². The molecule has 0 fully saturated rings. The molecular formula is C24H24N4O4. The van der Waals surface area contributed by atoms with Crippen LogP contribution in [0.25, 0.3) is 0 Å². The number of nitrogens with zero attached hydrogens (tertiary/aromatic N) is 2. The normalized spacial score (nSPS) is 10.3. The molecule has 3 aromatic rings. The zero-order valence-electron chi connectivity index (χ0n) is 17.9. The summed E-state index contributed by atoms with van der Waals surface area (Å²) >= 11 is 0. The predicted molar refractivity (Wildman–Crippen MR) is 124 cm³/mol. The van der Waals surface area contributed by atoms with Crippen molar-refractivity contribution >= 4 is 28.9 Å². The van der Waals surface area contributed by atoms with Crippen LogP contribution in [-0.4, -0.2) is 37.4 Å². The molecule has 0 heterocycles. The van der Waals surface area contributed by atoms with Gasteiger partial charge in [-0.1, -0.05) is 36.4 Å². The average molecular weight is 432 g/mol. The van der Waals surface area contributed by atoms with E-state index in [2.05, 4.69) is 10.6 Å². The van der Waals surface area contributed by atoms with Crippen molar-refractivity contribution in [2.75, 3.05) is 30.9 Å². The van der Waals surface area contributed by atoms with Crippen molar-refractivity contribution in [3.63, 3.8) is 0 Å². The molecule has 8 heteroatoms. The first-order chi connectivity index (χ1) is 15.3. The smallest absolute Gasteiger partial charge is 0.270 e. The van der Waals surface area contributed by atoms with Crippen LogP contribution in [0.4, 0.5) is 17.1 Å². The van der Waals surface area contributed by atoms with Crippen LogP contribution in [-0.2, 0) is 6.42 Å². The molecule has 0 atom stereocenters. The van der Waals surface area contributed by atoms with E-state index < -0.39 is 10.8 Å². The largest absolute Gasteiger partial charge is 0.377 e. The fourth-order valence-electron chi connectivity index (χ4n) is 3.21. The molecule has 0 saturated carbocycles. The molecule has 0 aliphatic carbocycles. The Balaban J connectivity index is 1.75. The number of hydrogen-bond acceptors (Lipinski definition) is 5. The van der Waals surface area contributed by atoms with Gasteiger partial charge in [0.2, 0.25) is 0 Å². The van der Waals surface area contributed by atoms with E-state index in [-0.39, 0.29) is 17.2 Å². The van der Waals surface area contributed by atoms with Gasteiger partial charge in [-0.2, -0.15) is 0 Å². The molecular weight excluding hydrogens is 408 g/mol. The summed E-state index contributed by atoms with van der Waals surface area (Å²) in [6.07, 6.45) is 0.701. The SMILES string of the molecule is CN(C)c1ccc(NC(=O)c2cccc([N+](=O)[O-])c2)cc1C(=O)NCCc1ccccc1. The number of nitro groups is 1. The van der Waals surface area contributed by atoms with Crippen LogP contribution < -0.4 is 15.5 Å². The minimum Gasteiger partial charge on any atom is -0.377 e. The number of anilines is 2. The molecule has 3 aromatic carbocycles. The van der Waals surface area contributed by atoms with Crippen LogP contribution in [0.5, 0.6) is 0 Å². The number of non-ortho nitro benzene ring substituents is 1. The van der Waals surface area contributed by atoms with Crippen LogP contribution in [0.1, 0.15) is 26.3 Å². The number of amides is 2. The third-order valence-corrected chi connectivity index (χ3v) is 4.84. The standard InChI is InChI=1S/C24H24N4O4/c1-27(2)22-12-11-19(26-23(29)18-9-6-10-20(15-18)28(31)32)16-21(22)24(30)25-14-13-17-7-4-3-5-8-17/h3-12,15-16H,13-14H2,1-2H3,(H,25,30)(H,26,29). The van der Waals surface area contributed by atoms with Crippen molar-refractivity contribution in [2.45, 2.75) is 6.42 Å². The maximum absolute atomic E-state index is 12.9. The van der Waals surface area contributed by atoms with Crippen LogP contribution >= 0.6 is 0 Å². The topological polar surface area (TPSA) is 105 Å². The van der Waals surface area contributed by atoms with Gasteiger partial charge in [-0.05, 0) is 36.2 Å². The van der Waals surface area contributed by atoms with E-state index in [4.69, 9.17) is 0 Å². The van der Waals surface area contributed by atoms with Crippen molar-refractivity contribution in [1.29, 1.82) is 0 Å². The lowest BCUT2D eigenvalue weighted by Crippen LogP contribution is -2.28. The Labute approximate surface area is 186 Å². The lowest BCUT2D eigenvalue weighted by molar-refractivity contribution is -0.384. The van der Waals surface area contributed by atoms with Gasteiger partial charge in [-0.25, -0.2) is 0 Å². The fourth-order valence-corrected chi connectivity index (χ4v) is 3.21. The molecule has 8 nitrogen and oxygen atoms in total. The second-order valence-electron chi connectivity index (χ2n) is 7.38. The molecule has 0 unspecified atom stereocenters. The molecule has 2 amide bonds. The van der Waals surface area contributed by atoms with E-state index in [1.807, 2.05) is 49.3 Å². The quantitative estimate of drug-likeness (QED) is 0.415. The van der Waals surface area contributed by atoms with Crippen LogP contribution in [0, 0.1) is 10.1 Å². The van der Waals surface area contributed by atoms with Gasteiger partial charge in [0.15, 0.2) is 0 Å². The summed E-state index contributed by atoms with van der Waals surface area (Å²) in [7, 11) is 3.66. The summed E-state index contributed by atoms with van der Waals surface area (Å²) in [4.78, 5) is 37.7. The van der Waals surface area contributed by atoms with Crippen molar-refractivity contribution in [3.05, 3.63) is 99.6 Å². The Hall–Kier alpha value is -4.20. The van der Waals surface area contributed by atoms with E-state index in [1.54, 1.807) is 18.2 Å². The summed E-state index contributed by atoms with van der Waals surface area (Å²) in [6.45, 7) is 0.472. The zero-order chi connectivity index (χ0) is 23.1. The molecule has 0 aliphatic heterocycles. The number of benzene rings is 3. The molecule has 0 aliphatic rings. The van der Waals surface area contributed by atoms with Crippen molar-refractivity contribution in [2.24, 2.45) is 0 Å². The molecule has 2 N–H and O–H groups in total. The maximum atomic E-state index is 12.9. The van der Waals surface area contributed by atoms with Gasteiger partial charge in [-0.3, -0.25) is 19.7 Å². The van der Waals surface area contributed by atoms with E-state index in [0.717, 1.165) is 5.56 Å². The Morgan fingerprint density at radius 3 is 2.38 bits per heavy atom. The number of carbonyl (C=O) groups excluding carboxylic acids is 2. The average Bonchev–Trinajstić information content (AvgIpc) is 2.79. The number of nitro benzene ring substituents is 1. The molecule has 32 heavy (non-hydrogen) atoms. The van der Waals surface area contributed by atoms with Crippen molar-refractivity contribution < 1.29 is 14.5 Å². The lowest BCUT2D eigenvalue weighted by atomic mass is 10.1. The Kier molecular flexibility index (Phi) is 7.17. The second kappa shape index (κ2) is 10.2. The van der Waals surface area contributed by atoms with Gasteiger partial charge in [0.25, 0.3) is 17.5 Å². The van der Waals surface area contributed by atoms with E-state index in [9.17, 15) is 19.7 Å². The van der Waals surface area contributed by atoms with Gasteiger partial charge in [0.05, 0.1) is 10.5 Å². The van der Waals surface area contributed by atoms with Gasteiger partial charge < -0.3 is 15.5 Å². The molecule has 0 bridgehead atoms. The Bertz CT molecular complexity index is 1130. The van der Waals surface area contributed by atoms with Crippen LogP contribution in [0.3, 0.4) is 0 Å². The van der Waals surface area contributed by atoms with Gasteiger partial charge in [0, 0.05) is 49.7 Å². The molecule has 0 aromatic heterocycles. The van der Waals surface area contributed by atoms with Crippen LogP contribution in [0.2, 0.25) is 0 Å². The highest BCUT2D eigenvalue weighted by Crippen LogP contribution is 2.24. The lowest BCUT2D eigenvalue weighted by Gasteiger charge is -2.18.